The number of benzene rings is 2. The van der Waals surface area contributed by atoms with E-state index in [0.717, 1.165) is 29.3 Å². The molecule has 3 N–H and O–H groups in total. The largest absolute Gasteiger partial charge is 0.488 e. The number of halogens is 9. The standard InChI is InChI=1S/C30H29F9N4O4/c1-3-21-25(40)24(19-13-16(28(31,32)33)5-6-22(19)43(21)27(45)46-4-2)26-41-14-23(47-8-7-44)20(42-26)11-15-9-17(29(34,35)36)12-18(10-15)30(37,38)39/h5-6,9-10,12-14,21,24-25,44H,3-4,7-8,11,40H2,1-2H3. The van der Waals surface area contributed by atoms with Crippen molar-refractivity contribution in [3.63, 3.8) is 0 Å². The van der Waals surface area contributed by atoms with Gasteiger partial charge in [0.15, 0.2) is 5.75 Å². The van der Waals surface area contributed by atoms with Crippen molar-refractivity contribution < 1.29 is 58.9 Å². The highest BCUT2D eigenvalue weighted by atomic mass is 19.4. The van der Waals surface area contributed by atoms with Gasteiger partial charge in [-0.2, -0.15) is 39.5 Å². The van der Waals surface area contributed by atoms with Gasteiger partial charge in [0, 0.05) is 12.5 Å². The van der Waals surface area contributed by atoms with Crippen LogP contribution in [0, 0.1) is 0 Å². The lowest BCUT2D eigenvalue weighted by molar-refractivity contribution is -0.143. The monoisotopic (exact) mass is 680 g/mol. The zero-order valence-electron chi connectivity index (χ0n) is 24.8. The molecule has 0 aliphatic carbocycles. The van der Waals surface area contributed by atoms with Gasteiger partial charge in [-0.1, -0.05) is 6.92 Å². The molecule has 17 heteroatoms. The van der Waals surface area contributed by atoms with Crippen LogP contribution in [-0.2, 0) is 29.7 Å². The Balaban J connectivity index is 1.92. The summed E-state index contributed by atoms with van der Waals surface area (Å²) < 4.78 is 133. The number of carbonyl (C=O) groups is 1. The number of hydrogen-bond acceptors (Lipinski definition) is 7. The van der Waals surface area contributed by atoms with Crippen molar-refractivity contribution in [2.75, 3.05) is 24.7 Å². The lowest BCUT2D eigenvalue weighted by Crippen LogP contribution is -2.57. The van der Waals surface area contributed by atoms with Crippen LogP contribution in [0.1, 0.15) is 65.5 Å². The molecule has 47 heavy (non-hydrogen) atoms. The lowest BCUT2D eigenvalue weighted by Gasteiger charge is -2.43. The van der Waals surface area contributed by atoms with E-state index < -0.39 is 77.9 Å². The fraction of sp³-hybridized carbons (Fsp3) is 0.433. The molecule has 4 rings (SSSR count). The first kappa shape index (κ1) is 35.7. The molecule has 0 spiro atoms. The maximum atomic E-state index is 13.8. The van der Waals surface area contributed by atoms with E-state index in [4.69, 9.17) is 15.2 Å². The van der Waals surface area contributed by atoms with Crippen molar-refractivity contribution in [2.24, 2.45) is 5.73 Å². The van der Waals surface area contributed by atoms with E-state index in [1.165, 1.54) is 6.92 Å². The van der Waals surface area contributed by atoms with Crippen molar-refractivity contribution in [2.45, 2.75) is 63.2 Å². The van der Waals surface area contributed by atoms with Gasteiger partial charge in [-0.3, -0.25) is 4.90 Å². The maximum Gasteiger partial charge on any atom is 0.416 e. The minimum Gasteiger partial charge on any atom is -0.488 e. The summed E-state index contributed by atoms with van der Waals surface area (Å²) in [6.45, 7) is 2.29. The average molecular weight is 681 g/mol. The predicted molar refractivity (Wildman–Crippen MR) is 149 cm³/mol. The number of nitrogens with zero attached hydrogens (tertiary/aromatic N) is 3. The third-order valence-corrected chi connectivity index (χ3v) is 7.49. The van der Waals surface area contributed by atoms with Gasteiger partial charge >= 0.3 is 24.6 Å². The van der Waals surface area contributed by atoms with Crippen LogP contribution in [0.3, 0.4) is 0 Å². The van der Waals surface area contributed by atoms with Crippen LogP contribution >= 0.6 is 0 Å². The Labute approximate surface area is 262 Å². The molecule has 8 nitrogen and oxygen atoms in total. The van der Waals surface area contributed by atoms with E-state index in [1.807, 2.05) is 0 Å². The van der Waals surface area contributed by atoms with E-state index in [1.54, 1.807) is 6.92 Å². The molecule has 0 fully saturated rings. The van der Waals surface area contributed by atoms with E-state index in [2.05, 4.69) is 9.97 Å². The highest BCUT2D eigenvalue weighted by molar-refractivity contribution is 5.91. The van der Waals surface area contributed by atoms with Gasteiger partial charge in [0.05, 0.1) is 59.4 Å². The Morgan fingerprint density at radius 2 is 1.55 bits per heavy atom. The molecule has 0 saturated carbocycles. The van der Waals surface area contributed by atoms with Crippen molar-refractivity contribution in [3.8, 4) is 5.75 Å². The summed E-state index contributed by atoms with van der Waals surface area (Å²) in [7, 11) is 0. The smallest absolute Gasteiger partial charge is 0.416 e. The Hall–Kier alpha value is -4.12. The summed E-state index contributed by atoms with van der Waals surface area (Å²) >= 11 is 0. The van der Waals surface area contributed by atoms with Crippen LogP contribution < -0.4 is 15.4 Å². The predicted octanol–water partition coefficient (Wildman–Crippen LogP) is 6.71. The van der Waals surface area contributed by atoms with Crippen LogP contribution in [0.4, 0.5) is 50.0 Å². The topological polar surface area (TPSA) is 111 Å². The number of aromatic nitrogens is 2. The quantitative estimate of drug-likeness (QED) is 0.255. The molecule has 1 aliphatic rings. The molecule has 2 heterocycles. The number of anilines is 1. The molecule has 0 bridgehead atoms. The van der Waals surface area contributed by atoms with Gasteiger partial charge in [-0.25, -0.2) is 14.8 Å². The highest BCUT2D eigenvalue weighted by Gasteiger charge is 2.45. The fourth-order valence-corrected chi connectivity index (χ4v) is 5.46. The van der Waals surface area contributed by atoms with Gasteiger partial charge < -0.3 is 20.3 Å². The molecule has 3 unspecified atom stereocenters. The van der Waals surface area contributed by atoms with Gasteiger partial charge in [0.2, 0.25) is 0 Å². The second kappa shape index (κ2) is 13.5. The summed E-state index contributed by atoms with van der Waals surface area (Å²) in [6, 6.07) is 1.62. The van der Waals surface area contributed by atoms with Gasteiger partial charge in [-0.15, -0.1) is 0 Å². The third kappa shape index (κ3) is 7.72. The van der Waals surface area contributed by atoms with Crippen LogP contribution in [0.2, 0.25) is 0 Å². The average Bonchev–Trinajstić information content (AvgIpc) is 2.98. The number of hydrogen-bond donors (Lipinski definition) is 2. The third-order valence-electron chi connectivity index (χ3n) is 7.49. The Kier molecular flexibility index (Phi) is 10.3. The van der Waals surface area contributed by atoms with Crippen molar-refractivity contribution in [1.82, 2.24) is 9.97 Å². The second-order valence-electron chi connectivity index (χ2n) is 10.6. The number of rotatable bonds is 8. The lowest BCUT2D eigenvalue weighted by atomic mass is 9.79. The second-order valence-corrected chi connectivity index (χ2v) is 10.6. The normalized spacial score (nSPS) is 18.6. The number of ether oxygens (including phenoxy) is 2. The number of aliphatic hydroxyl groups excluding tert-OH is 1. The van der Waals surface area contributed by atoms with Crippen molar-refractivity contribution in [1.29, 1.82) is 0 Å². The molecule has 1 amide bonds. The van der Waals surface area contributed by atoms with E-state index >= 15 is 0 Å². The number of nitrogens with two attached hydrogens (primary N) is 1. The molecular weight excluding hydrogens is 651 g/mol. The maximum absolute atomic E-state index is 13.8. The molecule has 1 aliphatic heterocycles. The van der Waals surface area contributed by atoms with E-state index in [9.17, 15) is 49.4 Å². The molecule has 0 saturated heterocycles. The molecule has 2 aromatic carbocycles. The van der Waals surface area contributed by atoms with Gasteiger partial charge in [0.1, 0.15) is 12.4 Å². The number of aliphatic hydroxyl groups is 1. The Bertz CT molecular complexity index is 1560. The molecule has 3 atom stereocenters. The summed E-state index contributed by atoms with van der Waals surface area (Å²) in [5.41, 5.74) is 1.60. The van der Waals surface area contributed by atoms with E-state index in [0.29, 0.717) is 12.1 Å². The van der Waals surface area contributed by atoms with Crippen molar-refractivity contribution >= 4 is 11.8 Å². The van der Waals surface area contributed by atoms with Crippen molar-refractivity contribution in [3.05, 3.63) is 81.9 Å². The summed E-state index contributed by atoms with van der Waals surface area (Å²) in [5.74, 6) is -1.67. The number of carbonyl (C=O) groups excluding carboxylic acids is 1. The van der Waals surface area contributed by atoms with Gasteiger partial charge in [0.25, 0.3) is 0 Å². The summed E-state index contributed by atoms with van der Waals surface area (Å²) in [6.07, 6.45) is -15.3. The first-order valence-corrected chi connectivity index (χ1v) is 14.2. The highest BCUT2D eigenvalue weighted by Crippen LogP contribution is 2.45. The zero-order valence-corrected chi connectivity index (χ0v) is 24.8. The van der Waals surface area contributed by atoms with Crippen LogP contribution in [0.25, 0.3) is 0 Å². The molecular formula is C30H29F9N4O4. The van der Waals surface area contributed by atoms with Crippen LogP contribution in [0.15, 0.2) is 42.6 Å². The number of amides is 1. The minimum absolute atomic E-state index is 0.0217. The fourth-order valence-electron chi connectivity index (χ4n) is 5.46. The molecule has 256 valence electrons. The van der Waals surface area contributed by atoms with E-state index in [-0.39, 0.29) is 54.2 Å². The minimum atomic E-state index is -5.13. The molecule has 3 aromatic rings. The van der Waals surface area contributed by atoms with Crippen LogP contribution in [0.5, 0.6) is 5.75 Å². The van der Waals surface area contributed by atoms with Crippen LogP contribution in [-0.4, -0.2) is 53.1 Å². The number of alkyl halides is 9. The SMILES string of the molecule is CCOC(=O)N1c2ccc(C(F)(F)F)cc2C(c2ncc(OCCO)c(Cc3cc(C(F)(F)F)cc(C(F)(F)F)c3)n2)C(N)C1CC. The first-order chi connectivity index (χ1) is 21.9. The first-order valence-electron chi connectivity index (χ1n) is 14.2. The molecule has 1 aromatic heterocycles. The zero-order chi connectivity index (χ0) is 34.9. The summed E-state index contributed by atoms with van der Waals surface area (Å²) in [5, 5.41) is 9.25. The Morgan fingerprint density at radius 1 is 0.936 bits per heavy atom. The summed E-state index contributed by atoms with van der Waals surface area (Å²) in [4.78, 5) is 22.7. The Morgan fingerprint density at radius 3 is 2.09 bits per heavy atom. The van der Waals surface area contributed by atoms with Gasteiger partial charge in [-0.05, 0) is 60.9 Å². The number of fused-ring (bicyclic) bond motifs is 1. The molecule has 0 radical (unpaired) electrons.